The van der Waals surface area contributed by atoms with Gasteiger partial charge in [0.25, 0.3) is 0 Å². The maximum atomic E-state index is 12.3. The van der Waals surface area contributed by atoms with Gasteiger partial charge in [-0.2, -0.15) is 4.31 Å². The van der Waals surface area contributed by atoms with Gasteiger partial charge in [-0.25, -0.2) is 13.4 Å². The third-order valence-electron chi connectivity index (χ3n) is 3.14. The van der Waals surface area contributed by atoms with Crippen molar-refractivity contribution in [3.63, 3.8) is 0 Å². The number of nitrogens with one attached hydrogen (secondary N) is 1. The number of rotatable bonds is 6. The molecule has 1 aromatic heterocycles. The molecule has 0 spiro atoms. The van der Waals surface area contributed by atoms with E-state index in [0.29, 0.717) is 10.2 Å². The van der Waals surface area contributed by atoms with Gasteiger partial charge >= 0.3 is 6.36 Å². The van der Waals surface area contributed by atoms with E-state index in [1.165, 1.54) is 35.6 Å². The van der Waals surface area contributed by atoms with Crippen LogP contribution in [0.3, 0.4) is 0 Å². The normalized spacial score (nSPS) is 12.3. The molecule has 0 aliphatic rings. The average Bonchev–Trinajstić information content (AvgIpc) is 2.56. The molecule has 1 atom stereocenters. The molecule has 1 heterocycles. The van der Waals surface area contributed by atoms with Crippen molar-refractivity contribution in [1.29, 1.82) is 0 Å². The van der Waals surface area contributed by atoms with Crippen LogP contribution in [0.5, 0.6) is 5.75 Å². The SMILES string of the molecule is CN(CP)S(=O)(=O)c1ccc(Nc2ccc(OC(F)(F)F)cn2)c(Br)c1. The molecule has 0 radical (unpaired) electrons. The van der Waals surface area contributed by atoms with Crippen molar-refractivity contribution in [2.75, 3.05) is 18.7 Å². The van der Waals surface area contributed by atoms with Gasteiger partial charge in [-0.05, 0) is 46.3 Å². The second-order valence-electron chi connectivity index (χ2n) is 4.98. The van der Waals surface area contributed by atoms with Gasteiger partial charge in [-0.3, -0.25) is 0 Å². The van der Waals surface area contributed by atoms with Crippen LogP contribution in [0.1, 0.15) is 0 Å². The van der Waals surface area contributed by atoms with Gasteiger partial charge in [0.2, 0.25) is 10.0 Å². The topological polar surface area (TPSA) is 71.5 Å². The van der Waals surface area contributed by atoms with Crippen LogP contribution >= 0.6 is 25.2 Å². The summed E-state index contributed by atoms with van der Waals surface area (Å²) in [7, 11) is 0.174. The number of alkyl halides is 3. The third kappa shape index (κ3) is 5.29. The maximum absolute atomic E-state index is 12.3. The number of hydrogen-bond donors (Lipinski definition) is 1. The van der Waals surface area contributed by atoms with Gasteiger partial charge in [-0.1, -0.05) is 0 Å². The summed E-state index contributed by atoms with van der Waals surface area (Å²) in [6.07, 6.45) is -3.61. The number of aromatic nitrogens is 1. The first kappa shape index (κ1) is 20.9. The predicted octanol–water partition coefficient (Wildman–Crippen LogP) is 3.94. The van der Waals surface area contributed by atoms with Crippen LogP contribution in [0.2, 0.25) is 0 Å². The number of anilines is 2. The molecule has 1 aromatic carbocycles. The standard InChI is InChI=1S/C14H14BrF3N3O3PS/c1-21(8-25)26(22,23)10-3-4-12(11(15)6-10)20-13-5-2-9(7-19-13)24-14(16,17)18/h2-7H,8,25H2,1H3,(H,19,20). The monoisotopic (exact) mass is 471 g/mol. The minimum Gasteiger partial charge on any atom is -0.404 e. The summed E-state index contributed by atoms with van der Waals surface area (Å²) >= 11 is 3.27. The lowest BCUT2D eigenvalue weighted by molar-refractivity contribution is -0.274. The zero-order valence-corrected chi connectivity index (χ0v) is 16.8. The Kier molecular flexibility index (Phi) is 6.49. The Labute approximate surface area is 159 Å². The van der Waals surface area contributed by atoms with Crippen LogP contribution in [0.4, 0.5) is 24.7 Å². The highest BCUT2D eigenvalue weighted by molar-refractivity contribution is 9.10. The lowest BCUT2D eigenvalue weighted by Gasteiger charge is -2.16. The Morgan fingerprint density at radius 2 is 2.00 bits per heavy atom. The van der Waals surface area contributed by atoms with Crippen molar-refractivity contribution in [2.24, 2.45) is 0 Å². The Morgan fingerprint density at radius 3 is 2.50 bits per heavy atom. The van der Waals surface area contributed by atoms with E-state index in [-0.39, 0.29) is 17.0 Å². The summed E-state index contributed by atoms with van der Waals surface area (Å²) in [5.74, 6) is -0.179. The molecule has 12 heteroatoms. The number of halogens is 4. The van der Waals surface area contributed by atoms with Gasteiger partial charge < -0.3 is 10.1 Å². The van der Waals surface area contributed by atoms with E-state index < -0.39 is 22.1 Å². The molecule has 0 saturated carbocycles. The molecule has 1 N–H and O–H groups in total. The predicted molar refractivity (Wildman–Crippen MR) is 97.9 cm³/mol. The lowest BCUT2D eigenvalue weighted by atomic mass is 10.3. The largest absolute Gasteiger partial charge is 0.573 e. The van der Waals surface area contributed by atoms with Crippen LogP contribution in [0.25, 0.3) is 0 Å². The molecule has 6 nitrogen and oxygen atoms in total. The first-order valence-electron chi connectivity index (χ1n) is 6.98. The average molecular weight is 472 g/mol. The van der Waals surface area contributed by atoms with Crippen molar-refractivity contribution in [2.45, 2.75) is 11.3 Å². The highest BCUT2D eigenvalue weighted by Gasteiger charge is 2.31. The smallest absolute Gasteiger partial charge is 0.404 e. The van der Waals surface area contributed by atoms with Gasteiger partial charge in [-0.15, -0.1) is 22.4 Å². The molecule has 142 valence electrons. The number of sulfonamides is 1. The van der Waals surface area contributed by atoms with E-state index >= 15 is 0 Å². The van der Waals surface area contributed by atoms with Crippen LogP contribution in [0, 0.1) is 0 Å². The number of pyridine rings is 1. The summed E-state index contributed by atoms with van der Waals surface area (Å²) in [6, 6.07) is 6.79. The second kappa shape index (κ2) is 8.08. The van der Waals surface area contributed by atoms with Crippen LogP contribution in [0.15, 0.2) is 45.9 Å². The molecular formula is C14H14BrF3N3O3PS. The minimum atomic E-state index is -4.79. The lowest BCUT2D eigenvalue weighted by Crippen LogP contribution is -2.25. The Hall–Kier alpha value is -1.42. The van der Waals surface area contributed by atoms with Crippen LogP contribution in [-0.4, -0.2) is 37.4 Å². The zero-order valence-electron chi connectivity index (χ0n) is 13.3. The van der Waals surface area contributed by atoms with Crippen molar-refractivity contribution in [3.05, 3.63) is 41.0 Å². The highest BCUT2D eigenvalue weighted by atomic mass is 79.9. The van der Waals surface area contributed by atoms with Crippen molar-refractivity contribution < 1.29 is 26.3 Å². The molecule has 0 amide bonds. The Bertz CT molecular complexity index is 879. The molecule has 0 aliphatic carbocycles. The molecule has 2 rings (SSSR count). The summed E-state index contributed by atoms with van der Waals surface area (Å²) in [5.41, 5.74) is 0.495. The fraction of sp³-hybridized carbons (Fsp3) is 0.214. The summed E-state index contributed by atoms with van der Waals surface area (Å²) < 4.78 is 66.3. The summed E-state index contributed by atoms with van der Waals surface area (Å²) in [5, 5.41) is 2.88. The second-order valence-corrected chi connectivity index (χ2v) is 8.24. The molecule has 2 aromatic rings. The van der Waals surface area contributed by atoms with E-state index in [4.69, 9.17) is 0 Å². The van der Waals surface area contributed by atoms with Gasteiger partial charge in [0.15, 0.2) is 0 Å². The molecule has 1 unspecified atom stereocenters. The van der Waals surface area contributed by atoms with E-state index in [9.17, 15) is 21.6 Å². The molecule has 0 saturated heterocycles. The molecule has 0 bridgehead atoms. The van der Waals surface area contributed by atoms with E-state index in [1.54, 1.807) is 0 Å². The first-order valence-corrected chi connectivity index (χ1v) is 10.0. The first-order chi connectivity index (χ1) is 12.0. The molecule has 26 heavy (non-hydrogen) atoms. The Morgan fingerprint density at radius 1 is 1.31 bits per heavy atom. The minimum absolute atomic E-state index is 0.0989. The van der Waals surface area contributed by atoms with Gasteiger partial charge in [0.1, 0.15) is 11.6 Å². The number of nitrogens with zero attached hydrogens (tertiary/aromatic N) is 2. The summed E-state index contributed by atoms with van der Waals surface area (Å²) in [4.78, 5) is 3.92. The zero-order chi connectivity index (χ0) is 19.5. The van der Waals surface area contributed by atoms with Crippen molar-refractivity contribution >= 4 is 46.7 Å². The quantitative estimate of drug-likeness (QED) is 0.646. The van der Waals surface area contributed by atoms with E-state index in [2.05, 4.69) is 40.2 Å². The molecule has 0 aliphatic heterocycles. The van der Waals surface area contributed by atoms with Crippen molar-refractivity contribution in [1.82, 2.24) is 9.29 Å². The fourth-order valence-corrected chi connectivity index (χ4v) is 4.10. The van der Waals surface area contributed by atoms with Crippen LogP contribution < -0.4 is 10.1 Å². The molecule has 0 fully saturated rings. The van der Waals surface area contributed by atoms with Gasteiger partial charge in [0, 0.05) is 17.8 Å². The number of hydrogen-bond acceptors (Lipinski definition) is 5. The van der Waals surface area contributed by atoms with E-state index in [1.807, 2.05) is 0 Å². The fourth-order valence-electron chi connectivity index (χ4n) is 1.82. The van der Waals surface area contributed by atoms with Gasteiger partial charge in [0.05, 0.1) is 16.8 Å². The van der Waals surface area contributed by atoms with Crippen molar-refractivity contribution in [3.8, 4) is 5.75 Å². The maximum Gasteiger partial charge on any atom is 0.573 e. The number of ether oxygens (including phenoxy) is 1. The molecular weight excluding hydrogens is 458 g/mol. The highest BCUT2D eigenvalue weighted by Crippen LogP contribution is 2.30. The van der Waals surface area contributed by atoms with Crippen LogP contribution in [-0.2, 0) is 10.0 Å². The summed E-state index contributed by atoms with van der Waals surface area (Å²) in [6.45, 7) is 0. The van der Waals surface area contributed by atoms with E-state index in [0.717, 1.165) is 12.3 Å². The Balaban J connectivity index is 2.18. The number of benzene rings is 1. The third-order valence-corrected chi connectivity index (χ3v) is 6.43.